The van der Waals surface area contributed by atoms with Crippen LogP contribution in [0.4, 0.5) is 0 Å². The molecule has 0 spiro atoms. The molecule has 5 heteroatoms. The lowest BCUT2D eigenvalue weighted by atomic mass is 10.2. The summed E-state index contributed by atoms with van der Waals surface area (Å²) < 4.78 is 0. The van der Waals surface area contributed by atoms with Gasteiger partial charge in [0.15, 0.2) is 0 Å². The van der Waals surface area contributed by atoms with E-state index in [0.29, 0.717) is 5.02 Å². The van der Waals surface area contributed by atoms with Gasteiger partial charge in [-0.2, -0.15) is 0 Å². The molecular weight excluding hydrogens is 223 g/mol. The molecule has 0 aliphatic heterocycles. The van der Waals surface area contributed by atoms with E-state index in [9.17, 15) is 4.79 Å². The summed E-state index contributed by atoms with van der Waals surface area (Å²) in [5.74, 6) is -0.240. The zero-order valence-corrected chi connectivity index (χ0v) is 8.77. The van der Waals surface area contributed by atoms with E-state index < -0.39 is 0 Å². The Morgan fingerprint density at radius 3 is 2.79 bits per heavy atom. The van der Waals surface area contributed by atoms with E-state index >= 15 is 0 Å². The van der Waals surface area contributed by atoms with Crippen LogP contribution in [0, 0.1) is 0 Å². The Labute approximate surface area is 91.4 Å². The number of rotatable bonds is 2. The van der Waals surface area contributed by atoms with Crippen LogP contribution in [0.25, 0.3) is 0 Å². The van der Waals surface area contributed by atoms with Gasteiger partial charge in [0, 0.05) is 12.2 Å². The lowest BCUT2D eigenvalue weighted by Crippen LogP contribution is -2.26. The molecule has 0 radical (unpaired) electrons. The zero-order valence-electron chi connectivity index (χ0n) is 7.26. The zero-order chi connectivity index (χ0) is 10.1. The van der Waals surface area contributed by atoms with Gasteiger partial charge in [0.1, 0.15) is 5.15 Å². The van der Waals surface area contributed by atoms with Crippen LogP contribution in [0.5, 0.6) is 0 Å². The molecule has 1 amide bonds. The average Bonchev–Trinajstić information content (AvgIpc) is 2.87. The number of pyridine rings is 1. The monoisotopic (exact) mass is 230 g/mol. The summed E-state index contributed by atoms with van der Waals surface area (Å²) in [7, 11) is 0. The fraction of sp³-hybridized carbons (Fsp3) is 0.333. The molecule has 14 heavy (non-hydrogen) atoms. The first kappa shape index (κ1) is 9.74. The molecule has 1 aromatic heterocycles. The van der Waals surface area contributed by atoms with Gasteiger partial charge >= 0.3 is 0 Å². The second-order valence-electron chi connectivity index (χ2n) is 3.21. The molecule has 0 aromatic carbocycles. The van der Waals surface area contributed by atoms with Gasteiger partial charge in [-0.1, -0.05) is 23.2 Å². The van der Waals surface area contributed by atoms with E-state index in [2.05, 4.69) is 10.3 Å². The van der Waals surface area contributed by atoms with Crippen LogP contribution in [-0.2, 0) is 0 Å². The van der Waals surface area contributed by atoms with Crippen molar-refractivity contribution in [2.45, 2.75) is 18.9 Å². The minimum atomic E-state index is -0.240. The molecule has 1 N–H and O–H groups in total. The summed E-state index contributed by atoms with van der Waals surface area (Å²) in [6, 6.07) is 1.84. The van der Waals surface area contributed by atoms with Gasteiger partial charge in [-0.05, 0) is 18.9 Å². The summed E-state index contributed by atoms with van der Waals surface area (Å²) in [6.07, 6.45) is 3.53. The van der Waals surface area contributed by atoms with E-state index in [4.69, 9.17) is 23.2 Å². The summed E-state index contributed by atoms with van der Waals surface area (Å²) in [5, 5.41) is 3.29. The van der Waals surface area contributed by atoms with Crippen molar-refractivity contribution in [1.29, 1.82) is 0 Å². The number of aromatic nitrogens is 1. The second kappa shape index (κ2) is 3.75. The van der Waals surface area contributed by atoms with Crippen LogP contribution in [-0.4, -0.2) is 16.9 Å². The first-order valence-corrected chi connectivity index (χ1v) is 5.05. The number of nitrogens with zero attached hydrogens (tertiary/aromatic N) is 1. The normalized spacial score (nSPS) is 15.3. The van der Waals surface area contributed by atoms with Gasteiger partial charge in [-0.15, -0.1) is 0 Å². The minimum absolute atomic E-state index is 0.149. The van der Waals surface area contributed by atoms with Gasteiger partial charge in [-0.25, -0.2) is 4.98 Å². The van der Waals surface area contributed by atoms with Crippen molar-refractivity contribution in [3.8, 4) is 0 Å². The van der Waals surface area contributed by atoms with E-state index in [1.54, 1.807) is 6.07 Å². The number of hydrogen-bond acceptors (Lipinski definition) is 2. The van der Waals surface area contributed by atoms with Crippen LogP contribution in [0.3, 0.4) is 0 Å². The molecule has 0 atom stereocenters. The lowest BCUT2D eigenvalue weighted by Gasteiger charge is -2.05. The van der Waals surface area contributed by atoms with Gasteiger partial charge in [0.2, 0.25) is 0 Å². The van der Waals surface area contributed by atoms with E-state index in [1.165, 1.54) is 6.20 Å². The molecule has 1 aliphatic carbocycles. The molecule has 1 heterocycles. The third kappa shape index (κ3) is 1.99. The Morgan fingerprint density at radius 1 is 1.50 bits per heavy atom. The highest BCUT2D eigenvalue weighted by atomic mass is 35.5. The van der Waals surface area contributed by atoms with Gasteiger partial charge in [0.05, 0.1) is 10.6 Å². The van der Waals surface area contributed by atoms with Crippen molar-refractivity contribution < 1.29 is 4.79 Å². The van der Waals surface area contributed by atoms with E-state index in [1.807, 2.05) is 0 Å². The van der Waals surface area contributed by atoms with E-state index in [-0.39, 0.29) is 22.7 Å². The lowest BCUT2D eigenvalue weighted by molar-refractivity contribution is 0.0951. The quantitative estimate of drug-likeness (QED) is 0.793. The molecule has 1 aliphatic rings. The van der Waals surface area contributed by atoms with Gasteiger partial charge in [0.25, 0.3) is 5.91 Å². The molecule has 1 fully saturated rings. The number of amides is 1. The van der Waals surface area contributed by atoms with Gasteiger partial charge < -0.3 is 5.32 Å². The van der Waals surface area contributed by atoms with Crippen molar-refractivity contribution in [2.75, 3.05) is 0 Å². The minimum Gasteiger partial charge on any atom is -0.349 e. The molecule has 3 nitrogen and oxygen atoms in total. The Hall–Kier alpha value is -0.800. The maximum atomic E-state index is 11.6. The number of halogens is 2. The predicted molar refractivity (Wildman–Crippen MR) is 54.7 cm³/mol. The Morgan fingerprint density at radius 2 is 2.21 bits per heavy atom. The first-order valence-electron chi connectivity index (χ1n) is 4.29. The smallest absolute Gasteiger partial charge is 0.256 e. The molecule has 2 rings (SSSR count). The largest absolute Gasteiger partial charge is 0.349 e. The van der Waals surface area contributed by atoms with Crippen LogP contribution < -0.4 is 5.32 Å². The summed E-state index contributed by atoms with van der Waals surface area (Å²) in [6.45, 7) is 0. The molecule has 1 saturated carbocycles. The predicted octanol–water partition coefficient (Wildman–Crippen LogP) is 2.28. The fourth-order valence-electron chi connectivity index (χ4n) is 1.10. The summed E-state index contributed by atoms with van der Waals surface area (Å²) in [4.78, 5) is 15.4. The number of carbonyl (C=O) groups is 1. The highest BCUT2D eigenvalue weighted by Crippen LogP contribution is 2.24. The summed E-state index contributed by atoms with van der Waals surface area (Å²) in [5.41, 5.74) is 0.266. The Balaban J connectivity index is 2.24. The number of nitrogens with one attached hydrogen (secondary N) is 1. The molecule has 74 valence electrons. The second-order valence-corrected chi connectivity index (χ2v) is 3.97. The summed E-state index contributed by atoms with van der Waals surface area (Å²) >= 11 is 11.6. The molecule has 0 unspecified atom stereocenters. The van der Waals surface area contributed by atoms with Crippen molar-refractivity contribution in [1.82, 2.24) is 10.3 Å². The maximum absolute atomic E-state index is 11.6. The molecular formula is C9H8Cl2N2O. The van der Waals surface area contributed by atoms with Crippen LogP contribution in [0.2, 0.25) is 10.2 Å². The Bertz CT molecular complexity index is 357. The molecule has 0 saturated heterocycles. The maximum Gasteiger partial charge on any atom is 0.256 e. The highest BCUT2D eigenvalue weighted by molar-refractivity contribution is 6.38. The SMILES string of the molecule is O=C(NC1CC1)c1c(Cl)ccnc1Cl. The first-order chi connectivity index (χ1) is 6.68. The molecule has 0 bridgehead atoms. The fourth-order valence-corrected chi connectivity index (χ4v) is 1.63. The number of carbonyl (C=O) groups excluding carboxylic acids is 1. The number of hydrogen-bond donors (Lipinski definition) is 1. The van der Waals surface area contributed by atoms with Crippen molar-refractivity contribution in [2.24, 2.45) is 0 Å². The van der Waals surface area contributed by atoms with Crippen molar-refractivity contribution in [3.63, 3.8) is 0 Å². The van der Waals surface area contributed by atoms with Crippen molar-refractivity contribution in [3.05, 3.63) is 28.0 Å². The third-order valence-corrected chi connectivity index (χ3v) is 2.60. The highest BCUT2D eigenvalue weighted by Gasteiger charge is 2.26. The van der Waals surface area contributed by atoms with E-state index in [0.717, 1.165) is 12.8 Å². The third-order valence-electron chi connectivity index (χ3n) is 1.99. The van der Waals surface area contributed by atoms with Crippen LogP contribution in [0.1, 0.15) is 23.2 Å². The average molecular weight is 231 g/mol. The molecule has 1 aromatic rings. The topological polar surface area (TPSA) is 42.0 Å². The van der Waals surface area contributed by atoms with Crippen LogP contribution in [0.15, 0.2) is 12.3 Å². The Kier molecular flexibility index (Phi) is 2.61. The standard InChI is InChI=1S/C9H8Cl2N2O/c10-6-3-4-12-8(11)7(6)9(14)13-5-1-2-5/h3-5H,1-2H2,(H,13,14). The van der Waals surface area contributed by atoms with Crippen LogP contribution >= 0.6 is 23.2 Å². The van der Waals surface area contributed by atoms with Gasteiger partial charge in [-0.3, -0.25) is 4.79 Å². The van der Waals surface area contributed by atoms with Crippen molar-refractivity contribution >= 4 is 29.1 Å².